The summed E-state index contributed by atoms with van der Waals surface area (Å²) in [6.45, 7) is 3.04. The number of rotatable bonds is 13. The molecule has 6 nitrogen and oxygen atoms in total. The van der Waals surface area contributed by atoms with E-state index in [1.54, 1.807) is 12.1 Å². The number of carbonyl (C=O) groups is 1. The van der Waals surface area contributed by atoms with Crippen molar-refractivity contribution in [3.8, 4) is 0 Å². The summed E-state index contributed by atoms with van der Waals surface area (Å²) in [6, 6.07) is 15.8. The number of unbranched alkanes of at least 4 members (excludes halogenated alkanes) is 7. The molecule has 0 aromatic heterocycles. The van der Waals surface area contributed by atoms with Gasteiger partial charge in [-0.05, 0) is 44.0 Å². The standard InChI is InChI=1S/C18H29NO2.C7H8O3S/c19-15-11-6-4-2-1-3-5-10-14-18(20)21-16-17-12-8-7-9-13-17;1-6-2-4-7(5-3-6)11(8,9)10/h7-9,12-13H,1-6,10-11,14-16,19H2;2-5H,1H3,(H,8,9,10). The lowest BCUT2D eigenvalue weighted by Crippen LogP contribution is -2.04. The first-order valence-electron chi connectivity index (χ1n) is 11.3. The van der Waals surface area contributed by atoms with Crippen LogP contribution < -0.4 is 5.73 Å². The maximum absolute atomic E-state index is 11.6. The molecule has 2 aromatic rings. The van der Waals surface area contributed by atoms with Crippen LogP contribution in [0.5, 0.6) is 0 Å². The minimum absolute atomic E-state index is 0.0666. The number of nitrogens with two attached hydrogens (primary N) is 1. The van der Waals surface area contributed by atoms with Gasteiger partial charge < -0.3 is 10.5 Å². The monoisotopic (exact) mass is 463 g/mol. The SMILES string of the molecule is Cc1ccc(S(=O)(=O)O)cc1.NCCCCCCCCCCC(=O)OCc1ccccc1. The summed E-state index contributed by atoms with van der Waals surface area (Å²) in [5.74, 6) is -0.0817. The van der Waals surface area contributed by atoms with Crippen molar-refractivity contribution in [1.29, 1.82) is 0 Å². The molecule has 0 aliphatic heterocycles. The van der Waals surface area contributed by atoms with Crippen LogP contribution in [0.3, 0.4) is 0 Å². The van der Waals surface area contributed by atoms with Crippen LogP contribution >= 0.6 is 0 Å². The number of esters is 1. The molecule has 0 radical (unpaired) electrons. The lowest BCUT2D eigenvalue weighted by molar-refractivity contribution is -0.145. The zero-order chi connectivity index (χ0) is 23.7. The molecule has 0 saturated carbocycles. The summed E-state index contributed by atoms with van der Waals surface area (Å²) in [5, 5.41) is 0. The second kappa shape index (κ2) is 16.4. The molecule has 7 heteroatoms. The van der Waals surface area contributed by atoms with Gasteiger partial charge in [-0.1, -0.05) is 86.6 Å². The quantitative estimate of drug-likeness (QED) is 0.233. The Morgan fingerprint density at radius 3 is 1.91 bits per heavy atom. The molecule has 3 N–H and O–H groups in total. The molecule has 0 aliphatic carbocycles. The second-order valence-electron chi connectivity index (χ2n) is 7.80. The van der Waals surface area contributed by atoms with Crippen molar-refractivity contribution in [2.75, 3.05) is 6.54 Å². The number of hydrogen-bond acceptors (Lipinski definition) is 5. The van der Waals surface area contributed by atoms with Gasteiger partial charge in [-0.3, -0.25) is 9.35 Å². The Balaban J connectivity index is 0.000000389. The Labute approximate surface area is 192 Å². The van der Waals surface area contributed by atoms with Crippen molar-refractivity contribution in [2.45, 2.75) is 76.2 Å². The van der Waals surface area contributed by atoms with E-state index in [0.29, 0.717) is 13.0 Å². The van der Waals surface area contributed by atoms with Crippen molar-refractivity contribution in [1.82, 2.24) is 0 Å². The lowest BCUT2D eigenvalue weighted by Gasteiger charge is -2.05. The van der Waals surface area contributed by atoms with Crippen LogP contribution in [0.4, 0.5) is 0 Å². The number of hydrogen-bond donors (Lipinski definition) is 2. The highest BCUT2D eigenvalue weighted by Gasteiger charge is 2.07. The van der Waals surface area contributed by atoms with Crippen LogP contribution in [0.1, 0.15) is 68.9 Å². The molecule has 0 bridgehead atoms. The second-order valence-corrected chi connectivity index (χ2v) is 9.22. The molecule has 0 atom stereocenters. The first-order chi connectivity index (χ1) is 15.3. The molecule has 2 rings (SSSR count). The van der Waals surface area contributed by atoms with Gasteiger partial charge in [-0.2, -0.15) is 8.42 Å². The minimum Gasteiger partial charge on any atom is -0.461 e. The van der Waals surface area contributed by atoms with Gasteiger partial charge in [0.2, 0.25) is 0 Å². The zero-order valence-electron chi connectivity index (χ0n) is 19.0. The van der Waals surface area contributed by atoms with E-state index in [4.69, 9.17) is 15.0 Å². The van der Waals surface area contributed by atoms with Gasteiger partial charge in [0.1, 0.15) is 6.61 Å². The van der Waals surface area contributed by atoms with E-state index >= 15 is 0 Å². The third kappa shape index (κ3) is 14.0. The maximum atomic E-state index is 11.6. The summed E-state index contributed by atoms with van der Waals surface area (Å²) in [7, 11) is -4.02. The summed E-state index contributed by atoms with van der Waals surface area (Å²) in [6.07, 6.45) is 10.1. The van der Waals surface area contributed by atoms with Crippen LogP contribution in [-0.2, 0) is 26.3 Å². The van der Waals surface area contributed by atoms with Crippen LogP contribution in [0, 0.1) is 6.92 Å². The highest BCUT2D eigenvalue weighted by Crippen LogP contribution is 2.11. The molecule has 32 heavy (non-hydrogen) atoms. The zero-order valence-corrected chi connectivity index (χ0v) is 19.9. The number of benzene rings is 2. The first kappa shape index (κ1) is 27.8. The fourth-order valence-electron chi connectivity index (χ4n) is 2.99. The Morgan fingerprint density at radius 1 is 0.844 bits per heavy atom. The van der Waals surface area contributed by atoms with Crippen LogP contribution in [-0.4, -0.2) is 25.5 Å². The highest BCUT2D eigenvalue weighted by molar-refractivity contribution is 7.85. The summed E-state index contributed by atoms with van der Waals surface area (Å²) in [4.78, 5) is 11.5. The average Bonchev–Trinajstić information content (AvgIpc) is 2.77. The predicted octanol–water partition coefficient (Wildman–Crippen LogP) is 5.44. The number of carbonyl (C=O) groups excluding carboxylic acids is 1. The maximum Gasteiger partial charge on any atom is 0.306 e. The normalized spacial score (nSPS) is 10.8. The van der Waals surface area contributed by atoms with Crippen LogP contribution in [0.2, 0.25) is 0 Å². The van der Waals surface area contributed by atoms with Gasteiger partial charge in [0.25, 0.3) is 10.1 Å². The van der Waals surface area contributed by atoms with Gasteiger partial charge in [-0.25, -0.2) is 0 Å². The molecule has 0 fully saturated rings. The molecule has 0 spiro atoms. The molecular weight excluding hydrogens is 426 g/mol. The molecule has 0 saturated heterocycles. The van der Waals surface area contributed by atoms with E-state index in [0.717, 1.165) is 36.9 Å². The van der Waals surface area contributed by atoms with E-state index in [1.807, 2.05) is 37.3 Å². The van der Waals surface area contributed by atoms with E-state index in [1.165, 1.54) is 44.2 Å². The molecule has 0 unspecified atom stereocenters. The first-order valence-corrected chi connectivity index (χ1v) is 12.7. The summed E-state index contributed by atoms with van der Waals surface area (Å²) < 4.78 is 34.8. The van der Waals surface area contributed by atoms with Gasteiger partial charge >= 0.3 is 5.97 Å². The van der Waals surface area contributed by atoms with Crippen molar-refractivity contribution >= 4 is 16.1 Å². The summed E-state index contributed by atoms with van der Waals surface area (Å²) in [5.41, 5.74) is 7.46. The Morgan fingerprint density at radius 2 is 1.38 bits per heavy atom. The molecular formula is C25H37NO5S. The molecule has 178 valence electrons. The molecule has 0 aliphatic rings. The third-order valence-corrected chi connectivity index (χ3v) is 5.76. The van der Waals surface area contributed by atoms with Crippen molar-refractivity contribution in [3.05, 3.63) is 65.7 Å². The smallest absolute Gasteiger partial charge is 0.306 e. The largest absolute Gasteiger partial charge is 0.461 e. The van der Waals surface area contributed by atoms with Gasteiger partial charge in [0.15, 0.2) is 0 Å². The molecule has 0 amide bonds. The fourth-order valence-corrected chi connectivity index (χ4v) is 3.47. The lowest BCUT2D eigenvalue weighted by atomic mass is 10.1. The van der Waals surface area contributed by atoms with Crippen LogP contribution in [0.15, 0.2) is 59.5 Å². The van der Waals surface area contributed by atoms with Gasteiger partial charge in [0.05, 0.1) is 4.90 Å². The summed E-state index contributed by atoms with van der Waals surface area (Å²) >= 11 is 0. The molecule has 2 aromatic carbocycles. The minimum atomic E-state index is -4.02. The van der Waals surface area contributed by atoms with Crippen molar-refractivity contribution < 1.29 is 22.5 Å². The number of ether oxygens (including phenoxy) is 1. The Hall–Kier alpha value is -2.22. The topological polar surface area (TPSA) is 107 Å². The van der Waals surface area contributed by atoms with Gasteiger partial charge in [-0.15, -0.1) is 0 Å². The molecule has 0 heterocycles. The fraction of sp³-hybridized carbons (Fsp3) is 0.480. The van der Waals surface area contributed by atoms with Crippen LogP contribution in [0.25, 0.3) is 0 Å². The Bertz CT molecular complexity index is 852. The van der Waals surface area contributed by atoms with Crippen molar-refractivity contribution in [2.24, 2.45) is 5.73 Å². The number of aryl methyl sites for hydroxylation is 1. The third-order valence-electron chi connectivity index (χ3n) is 4.90. The predicted molar refractivity (Wildman–Crippen MR) is 128 cm³/mol. The van der Waals surface area contributed by atoms with Gasteiger partial charge in [0, 0.05) is 6.42 Å². The van der Waals surface area contributed by atoms with E-state index < -0.39 is 10.1 Å². The average molecular weight is 464 g/mol. The highest BCUT2D eigenvalue weighted by atomic mass is 32.2. The van der Waals surface area contributed by atoms with Crippen molar-refractivity contribution in [3.63, 3.8) is 0 Å². The Kier molecular flexibility index (Phi) is 14.3. The van der Waals surface area contributed by atoms with E-state index in [-0.39, 0.29) is 10.9 Å². The van der Waals surface area contributed by atoms with E-state index in [2.05, 4.69) is 0 Å². The van der Waals surface area contributed by atoms with E-state index in [9.17, 15) is 13.2 Å².